The van der Waals surface area contributed by atoms with Gasteiger partial charge in [-0.25, -0.2) is 9.97 Å². The molecular weight excluding hydrogens is 374 g/mol. The summed E-state index contributed by atoms with van der Waals surface area (Å²) in [4.78, 5) is 23.7. The topological polar surface area (TPSA) is 82.7 Å². The van der Waals surface area contributed by atoms with Crippen LogP contribution in [-0.2, 0) is 11.3 Å². The van der Waals surface area contributed by atoms with E-state index in [0.29, 0.717) is 11.6 Å². The number of aromatic nitrogens is 3. The van der Waals surface area contributed by atoms with Gasteiger partial charge in [0.25, 0.3) is 0 Å². The first-order valence-electron chi connectivity index (χ1n) is 8.82. The maximum Gasteiger partial charge on any atom is 0.239 e. The Kier molecular flexibility index (Phi) is 5.21. The lowest BCUT2D eigenvalue weighted by Crippen LogP contribution is -2.29. The molecule has 28 heavy (non-hydrogen) atoms. The summed E-state index contributed by atoms with van der Waals surface area (Å²) in [6.07, 6.45) is 3.40. The van der Waals surface area contributed by atoms with Crippen LogP contribution < -0.4 is 10.6 Å². The molecule has 0 fully saturated rings. The zero-order valence-electron chi connectivity index (χ0n) is 14.9. The lowest BCUT2D eigenvalue weighted by Gasteiger charge is -2.09. The van der Waals surface area contributed by atoms with Gasteiger partial charge in [-0.05, 0) is 29.8 Å². The van der Waals surface area contributed by atoms with E-state index in [2.05, 4.69) is 25.6 Å². The summed E-state index contributed by atoms with van der Waals surface area (Å²) >= 11 is 5.93. The van der Waals surface area contributed by atoms with E-state index in [1.54, 1.807) is 18.5 Å². The Morgan fingerprint density at radius 1 is 1.07 bits per heavy atom. The highest BCUT2D eigenvalue weighted by Crippen LogP contribution is 2.24. The predicted octanol–water partition coefficient (Wildman–Crippen LogP) is 4.01. The molecule has 0 radical (unpaired) electrons. The van der Waals surface area contributed by atoms with Crippen LogP contribution in [0.1, 0.15) is 5.56 Å². The van der Waals surface area contributed by atoms with Gasteiger partial charge in [-0.15, -0.1) is 0 Å². The third-order valence-corrected chi connectivity index (χ3v) is 4.58. The molecule has 140 valence electrons. The Hall–Kier alpha value is -3.38. The first-order chi connectivity index (χ1) is 13.7. The molecule has 0 spiro atoms. The van der Waals surface area contributed by atoms with Gasteiger partial charge in [0.15, 0.2) is 0 Å². The lowest BCUT2D eigenvalue weighted by atomic mass is 10.1. The van der Waals surface area contributed by atoms with Gasteiger partial charge in [0, 0.05) is 34.4 Å². The molecule has 4 rings (SSSR count). The number of carbonyl (C=O) groups excluding carboxylic acids is 1. The summed E-state index contributed by atoms with van der Waals surface area (Å²) in [6, 6.07) is 17.2. The number of fused-ring (bicyclic) bond motifs is 1. The number of carbonyl (C=O) groups is 1. The van der Waals surface area contributed by atoms with Crippen molar-refractivity contribution in [2.75, 3.05) is 11.9 Å². The average Bonchev–Trinajstić information content (AvgIpc) is 3.20. The van der Waals surface area contributed by atoms with Crippen LogP contribution in [-0.4, -0.2) is 27.4 Å². The van der Waals surface area contributed by atoms with Crippen molar-refractivity contribution in [1.29, 1.82) is 0 Å². The van der Waals surface area contributed by atoms with E-state index < -0.39 is 0 Å². The molecule has 4 aromatic rings. The first-order valence-corrected chi connectivity index (χ1v) is 9.20. The molecule has 6 nitrogen and oxygen atoms in total. The van der Waals surface area contributed by atoms with Gasteiger partial charge < -0.3 is 15.6 Å². The second-order valence-electron chi connectivity index (χ2n) is 6.30. The Balaban J connectivity index is 1.34. The van der Waals surface area contributed by atoms with E-state index in [1.165, 1.54) is 0 Å². The Bertz CT molecular complexity index is 1110. The van der Waals surface area contributed by atoms with Crippen molar-refractivity contribution in [3.05, 3.63) is 77.7 Å². The van der Waals surface area contributed by atoms with E-state index in [1.807, 2.05) is 48.7 Å². The molecule has 0 aliphatic rings. The van der Waals surface area contributed by atoms with E-state index >= 15 is 0 Å². The largest absolute Gasteiger partial charge is 0.376 e. The van der Waals surface area contributed by atoms with Gasteiger partial charge in [-0.2, -0.15) is 0 Å². The second-order valence-corrected chi connectivity index (χ2v) is 6.74. The Morgan fingerprint density at radius 3 is 2.75 bits per heavy atom. The number of H-pyrrole nitrogens is 1. The van der Waals surface area contributed by atoms with Crippen LogP contribution in [0.3, 0.4) is 0 Å². The fourth-order valence-electron chi connectivity index (χ4n) is 2.93. The number of benzene rings is 2. The van der Waals surface area contributed by atoms with E-state index in [9.17, 15) is 4.79 Å². The van der Waals surface area contributed by atoms with Crippen LogP contribution in [0, 0.1) is 0 Å². The second kappa shape index (κ2) is 8.10. The molecule has 0 unspecified atom stereocenters. The molecule has 1 amide bonds. The van der Waals surface area contributed by atoms with Crippen LogP contribution in [0.15, 0.2) is 67.1 Å². The van der Waals surface area contributed by atoms with Crippen LogP contribution in [0.2, 0.25) is 5.02 Å². The van der Waals surface area contributed by atoms with E-state index in [0.717, 1.165) is 33.5 Å². The van der Waals surface area contributed by atoms with Gasteiger partial charge in [0.2, 0.25) is 5.91 Å². The molecule has 0 saturated carbocycles. The van der Waals surface area contributed by atoms with Gasteiger partial charge in [0.05, 0.1) is 12.2 Å². The maximum atomic E-state index is 12.1. The van der Waals surface area contributed by atoms with Crippen LogP contribution in [0.4, 0.5) is 5.69 Å². The van der Waals surface area contributed by atoms with Crippen molar-refractivity contribution >= 4 is 34.2 Å². The molecule has 7 heteroatoms. The van der Waals surface area contributed by atoms with Gasteiger partial charge >= 0.3 is 0 Å². The van der Waals surface area contributed by atoms with Gasteiger partial charge in [0.1, 0.15) is 12.0 Å². The van der Waals surface area contributed by atoms with Crippen LogP contribution >= 0.6 is 11.6 Å². The quantitative estimate of drug-likeness (QED) is 0.464. The molecule has 0 atom stereocenters. The fraction of sp³-hybridized carbons (Fsp3) is 0.0952. The van der Waals surface area contributed by atoms with Crippen molar-refractivity contribution in [1.82, 2.24) is 20.3 Å². The fourth-order valence-corrected chi connectivity index (χ4v) is 3.12. The number of aromatic amines is 1. The molecule has 0 aliphatic carbocycles. The highest BCUT2D eigenvalue weighted by Gasteiger charge is 2.07. The highest BCUT2D eigenvalue weighted by atomic mass is 35.5. The molecule has 0 saturated heterocycles. The summed E-state index contributed by atoms with van der Waals surface area (Å²) in [7, 11) is 0. The number of halogens is 1. The summed E-state index contributed by atoms with van der Waals surface area (Å²) in [6.45, 7) is 0.643. The van der Waals surface area contributed by atoms with E-state index in [4.69, 9.17) is 11.6 Å². The zero-order valence-corrected chi connectivity index (χ0v) is 15.7. The third kappa shape index (κ3) is 4.13. The van der Waals surface area contributed by atoms with Crippen LogP contribution in [0.25, 0.3) is 22.3 Å². The van der Waals surface area contributed by atoms with Crippen molar-refractivity contribution in [3.63, 3.8) is 0 Å². The zero-order chi connectivity index (χ0) is 19.3. The van der Waals surface area contributed by atoms with Crippen molar-refractivity contribution in [2.24, 2.45) is 0 Å². The minimum absolute atomic E-state index is 0.0890. The minimum atomic E-state index is -0.0890. The van der Waals surface area contributed by atoms with Crippen molar-refractivity contribution < 1.29 is 4.79 Å². The molecule has 0 aliphatic heterocycles. The Morgan fingerprint density at radius 2 is 1.93 bits per heavy atom. The molecule has 2 heterocycles. The number of anilines is 1. The predicted molar refractivity (Wildman–Crippen MR) is 111 cm³/mol. The average molecular weight is 392 g/mol. The number of rotatable bonds is 6. The third-order valence-electron chi connectivity index (χ3n) is 4.35. The highest BCUT2D eigenvalue weighted by molar-refractivity contribution is 6.30. The number of hydrogen-bond donors (Lipinski definition) is 3. The summed E-state index contributed by atoms with van der Waals surface area (Å²) < 4.78 is 0. The number of nitrogens with one attached hydrogen (secondary N) is 3. The SMILES string of the molecule is O=C(CNc1cccc(Cl)c1)NCc1ccc(-c2ncnc3[nH]ccc23)cc1. The Labute approximate surface area is 167 Å². The number of nitrogens with zero attached hydrogens (tertiary/aromatic N) is 2. The van der Waals surface area contributed by atoms with E-state index in [-0.39, 0.29) is 12.5 Å². The number of hydrogen-bond acceptors (Lipinski definition) is 4. The first kappa shape index (κ1) is 18.0. The molecular formula is C21H18ClN5O. The van der Waals surface area contributed by atoms with Gasteiger partial charge in [-0.3, -0.25) is 4.79 Å². The minimum Gasteiger partial charge on any atom is -0.376 e. The summed E-state index contributed by atoms with van der Waals surface area (Å²) in [5.74, 6) is -0.0890. The molecule has 2 aromatic heterocycles. The maximum absolute atomic E-state index is 12.1. The molecule has 0 bridgehead atoms. The van der Waals surface area contributed by atoms with Crippen molar-refractivity contribution in [3.8, 4) is 11.3 Å². The molecule has 3 N–H and O–H groups in total. The monoisotopic (exact) mass is 391 g/mol. The summed E-state index contributed by atoms with van der Waals surface area (Å²) in [5.41, 5.74) is 4.53. The lowest BCUT2D eigenvalue weighted by molar-refractivity contribution is -0.119. The van der Waals surface area contributed by atoms with Crippen LogP contribution in [0.5, 0.6) is 0 Å². The standard InChI is InChI=1S/C21H18ClN5O/c22-16-2-1-3-17(10-16)24-12-19(28)25-11-14-4-6-15(7-5-14)20-18-8-9-23-21(18)27-13-26-20/h1-10,13,24H,11-12H2,(H,25,28)(H,23,26,27). The number of amides is 1. The van der Waals surface area contributed by atoms with Crippen molar-refractivity contribution in [2.45, 2.75) is 6.54 Å². The van der Waals surface area contributed by atoms with Gasteiger partial charge in [-0.1, -0.05) is 41.9 Å². The summed E-state index contributed by atoms with van der Waals surface area (Å²) in [5, 5.41) is 7.57. The normalized spacial score (nSPS) is 10.8. The smallest absolute Gasteiger partial charge is 0.239 e. The molecule has 2 aromatic carbocycles.